The van der Waals surface area contributed by atoms with E-state index in [4.69, 9.17) is 5.11 Å². The largest absolute Gasteiger partial charge is 0.478 e. The molecule has 2 aromatic rings. The van der Waals surface area contributed by atoms with E-state index >= 15 is 0 Å². The third kappa shape index (κ3) is 1.69. The van der Waals surface area contributed by atoms with E-state index in [2.05, 4.69) is 15.2 Å². The molecule has 0 saturated heterocycles. The maximum atomic E-state index is 12.9. The number of hydrogen-bond acceptors (Lipinski definition) is 3. The first-order chi connectivity index (χ1) is 7.18. The molecule has 2 heterocycles. The highest BCUT2D eigenvalue weighted by Crippen LogP contribution is 2.18. The lowest BCUT2D eigenvalue weighted by atomic mass is 10.2. The third-order valence-electron chi connectivity index (χ3n) is 1.85. The van der Waals surface area contributed by atoms with Crippen LogP contribution in [-0.2, 0) is 0 Å². The Labute approximate surface area is 83.6 Å². The number of rotatable bonds is 2. The van der Waals surface area contributed by atoms with Crippen LogP contribution in [0.5, 0.6) is 0 Å². The zero-order valence-electron chi connectivity index (χ0n) is 7.44. The SMILES string of the molecule is O=C(O)c1cn[nH]c1-c1cc(F)ccn1. The van der Waals surface area contributed by atoms with Crippen molar-refractivity contribution >= 4 is 5.97 Å². The zero-order valence-corrected chi connectivity index (χ0v) is 7.44. The van der Waals surface area contributed by atoms with Crippen LogP contribution < -0.4 is 0 Å². The Balaban J connectivity index is 2.54. The van der Waals surface area contributed by atoms with Gasteiger partial charge >= 0.3 is 5.97 Å². The maximum absolute atomic E-state index is 12.9. The molecule has 0 unspecified atom stereocenters. The second-order valence-corrected chi connectivity index (χ2v) is 2.82. The van der Waals surface area contributed by atoms with Gasteiger partial charge in [0.05, 0.1) is 17.6 Å². The van der Waals surface area contributed by atoms with Crippen LogP contribution in [0.3, 0.4) is 0 Å². The molecule has 6 heteroatoms. The van der Waals surface area contributed by atoms with Crippen molar-refractivity contribution in [3.63, 3.8) is 0 Å². The average Bonchev–Trinajstić information content (AvgIpc) is 2.65. The van der Waals surface area contributed by atoms with Gasteiger partial charge in [-0.15, -0.1) is 0 Å². The minimum absolute atomic E-state index is 0.0342. The van der Waals surface area contributed by atoms with Crippen molar-refractivity contribution in [2.45, 2.75) is 0 Å². The molecule has 0 atom stereocenters. The van der Waals surface area contributed by atoms with Gasteiger partial charge in [0.1, 0.15) is 11.4 Å². The Bertz CT molecular complexity index is 510. The van der Waals surface area contributed by atoms with Gasteiger partial charge in [0.25, 0.3) is 0 Å². The molecule has 5 nitrogen and oxygen atoms in total. The van der Waals surface area contributed by atoms with E-state index < -0.39 is 11.8 Å². The number of hydrogen-bond donors (Lipinski definition) is 2. The number of nitrogens with zero attached hydrogens (tertiary/aromatic N) is 2. The first kappa shape index (κ1) is 9.32. The molecule has 76 valence electrons. The summed E-state index contributed by atoms with van der Waals surface area (Å²) in [5.41, 5.74) is 0.375. The van der Waals surface area contributed by atoms with Crippen LogP contribution >= 0.6 is 0 Å². The summed E-state index contributed by atoms with van der Waals surface area (Å²) in [6, 6.07) is 2.32. The molecule has 2 N–H and O–H groups in total. The highest BCUT2D eigenvalue weighted by atomic mass is 19.1. The topological polar surface area (TPSA) is 78.9 Å². The number of halogens is 1. The van der Waals surface area contributed by atoms with Crippen molar-refractivity contribution in [1.82, 2.24) is 15.2 Å². The number of aromatic amines is 1. The summed E-state index contributed by atoms with van der Waals surface area (Å²) in [7, 11) is 0. The van der Waals surface area contributed by atoms with Gasteiger partial charge in [-0.1, -0.05) is 0 Å². The predicted octanol–water partition coefficient (Wildman–Crippen LogP) is 1.31. The third-order valence-corrected chi connectivity index (χ3v) is 1.85. The Hall–Kier alpha value is -2.24. The van der Waals surface area contributed by atoms with Crippen LogP contribution in [0.4, 0.5) is 4.39 Å². The zero-order chi connectivity index (χ0) is 10.8. The molecule has 0 amide bonds. The fraction of sp³-hybridized carbons (Fsp3) is 0. The number of H-pyrrole nitrogens is 1. The monoisotopic (exact) mass is 207 g/mol. The van der Waals surface area contributed by atoms with Crippen LogP contribution in [0.1, 0.15) is 10.4 Å². The average molecular weight is 207 g/mol. The first-order valence-corrected chi connectivity index (χ1v) is 4.07. The number of aromatic nitrogens is 3. The van der Waals surface area contributed by atoms with Crippen molar-refractivity contribution in [3.8, 4) is 11.4 Å². The standard InChI is InChI=1S/C9H6FN3O2/c10-5-1-2-11-7(3-5)8-6(9(14)15)4-12-13-8/h1-4H,(H,12,13)(H,14,15). The predicted molar refractivity (Wildman–Crippen MR) is 48.7 cm³/mol. The normalized spacial score (nSPS) is 10.2. The molecule has 2 rings (SSSR count). The molecule has 0 spiro atoms. The lowest BCUT2D eigenvalue weighted by Crippen LogP contribution is -1.98. The van der Waals surface area contributed by atoms with Gasteiger partial charge in [-0.2, -0.15) is 5.10 Å². The smallest absolute Gasteiger partial charge is 0.339 e. The number of carboxylic acid groups (broad SMARTS) is 1. The molecule has 2 aromatic heterocycles. The molecule has 0 radical (unpaired) electrons. The molecule has 0 aliphatic rings. The first-order valence-electron chi connectivity index (χ1n) is 4.07. The number of aromatic carboxylic acids is 1. The number of carbonyl (C=O) groups is 1. The number of nitrogens with one attached hydrogen (secondary N) is 1. The van der Waals surface area contributed by atoms with Gasteiger partial charge in [-0.25, -0.2) is 9.18 Å². The van der Waals surface area contributed by atoms with E-state index in [9.17, 15) is 9.18 Å². The summed E-state index contributed by atoms with van der Waals surface area (Å²) in [4.78, 5) is 14.6. The van der Waals surface area contributed by atoms with E-state index in [1.165, 1.54) is 12.3 Å². The van der Waals surface area contributed by atoms with E-state index in [0.717, 1.165) is 12.3 Å². The van der Waals surface area contributed by atoms with Gasteiger partial charge in [0, 0.05) is 12.3 Å². The lowest BCUT2D eigenvalue weighted by Gasteiger charge is -1.98. The van der Waals surface area contributed by atoms with Crippen molar-refractivity contribution in [2.75, 3.05) is 0 Å². The van der Waals surface area contributed by atoms with Crippen LogP contribution in [0.2, 0.25) is 0 Å². The summed E-state index contributed by atoms with van der Waals surface area (Å²) in [5, 5.41) is 14.9. The van der Waals surface area contributed by atoms with Crippen molar-refractivity contribution in [1.29, 1.82) is 0 Å². The quantitative estimate of drug-likeness (QED) is 0.778. The van der Waals surface area contributed by atoms with Gasteiger partial charge in [0.15, 0.2) is 0 Å². The summed E-state index contributed by atoms with van der Waals surface area (Å²) >= 11 is 0. The highest BCUT2D eigenvalue weighted by molar-refractivity contribution is 5.93. The Morgan fingerprint density at radius 3 is 3.00 bits per heavy atom. The molecular formula is C9H6FN3O2. The number of carboxylic acids is 1. The Morgan fingerprint density at radius 1 is 1.53 bits per heavy atom. The van der Waals surface area contributed by atoms with E-state index in [-0.39, 0.29) is 17.0 Å². The molecule has 0 aliphatic carbocycles. The molecule has 0 aliphatic heterocycles. The fourth-order valence-electron chi connectivity index (χ4n) is 1.19. The van der Waals surface area contributed by atoms with Crippen LogP contribution in [-0.4, -0.2) is 26.3 Å². The summed E-state index contributed by atoms with van der Waals surface area (Å²) < 4.78 is 12.9. The van der Waals surface area contributed by atoms with Crippen molar-refractivity contribution in [3.05, 3.63) is 35.9 Å². The van der Waals surface area contributed by atoms with Crippen LogP contribution in [0, 0.1) is 5.82 Å². The molecule has 0 fully saturated rings. The van der Waals surface area contributed by atoms with Gasteiger partial charge < -0.3 is 5.11 Å². The van der Waals surface area contributed by atoms with Crippen molar-refractivity contribution < 1.29 is 14.3 Å². The van der Waals surface area contributed by atoms with Gasteiger partial charge in [-0.3, -0.25) is 10.1 Å². The molecule has 0 saturated carbocycles. The molecule has 0 bridgehead atoms. The molecule has 0 aromatic carbocycles. The van der Waals surface area contributed by atoms with Crippen LogP contribution in [0.15, 0.2) is 24.5 Å². The Kier molecular flexibility index (Phi) is 2.17. The van der Waals surface area contributed by atoms with E-state index in [1.807, 2.05) is 0 Å². The number of pyridine rings is 1. The van der Waals surface area contributed by atoms with Crippen molar-refractivity contribution in [2.24, 2.45) is 0 Å². The molecular weight excluding hydrogens is 201 g/mol. The maximum Gasteiger partial charge on any atom is 0.339 e. The summed E-state index contributed by atoms with van der Waals surface area (Å²) in [6.45, 7) is 0. The van der Waals surface area contributed by atoms with Gasteiger partial charge in [0.2, 0.25) is 0 Å². The summed E-state index contributed by atoms with van der Waals surface area (Å²) in [6.07, 6.45) is 2.42. The van der Waals surface area contributed by atoms with E-state index in [1.54, 1.807) is 0 Å². The highest BCUT2D eigenvalue weighted by Gasteiger charge is 2.15. The van der Waals surface area contributed by atoms with E-state index in [0.29, 0.717) is 0 Å². The summed E-state index contributed by atoms with van der Waals surface area (Å²) in [5.74, 6) is -1.62. The fourth-order valence-corrected chi connectivity index (χ4v) is 1.19. The second kappa shape index (κ2) is 3.49. The Morgan fingerprint density at radius 2 is 2.33 bits per heavy atom. The van der Waals surface area contributed by atoms with Gasteiger partial charge in [-0.05, 0) is 6.07 Å². The lowest BCUT2D eigenvalue weighted by molar-refractivity contribution is 0.0698. The minimum Gasteiger partial charge on any atom is -0.478 e. The molecule has 15 heavy (non-hydrogen) atoms. The second-order valence-electron chi connectivity index (χ2n) is 2.82. The minimum atomic E-state index is -1.13. The van der Waals surface area contributed by atoms with Crippen LogP contribution in [0.25, 0.3) is 11.4 Å².